The van der Waals surface area contributed by atoms with Crippen molar-refractivity contribution in [1.29, 1.82) is 0 Å². The Bertz CT molecular complexity index is 311. The lowest BCUT2D eigenvalue weighted by Gasteiger charge is -2.08. The Morgan fingerprint density at radius 1 is 1.07 bits per heavy atom. The number of aryl methyl sites for hydroxylation is 1. The van der Waals surface area contributed by atoms with E-state index in [1.807, 2.05) is 13.8 Å². The van der Waals surface area contributed by atoms with E-state index in [9.17, 15) is 13.2 Å². The van der Waals surface area contributed by atoms with E-state index >= 15 is 0 Å². The van der Waals surface area contributed by atoms with Gasteiger partial charge in [-0.15, -0.1) is 0 Å². The normalized spacial score (nSPS) is 10.6. The summed E-state index contributed by atoms with van der Waals surface area (Å²) in [6.45, 7) is 7.04. The van der Waals surface area contributed by atoms with Gasteiger partial charge in [0.1, 0.15) is 5.82 Å². The molecular formula is C9H14F3N3. The summed E-state index contributed by atoms with van der Waals surface area (Å²) < 4.78 is 36.3. The number of anilines is 1. The van der Waals surface area contributed by atoms with Crippen molar-refractivity contribution in [3.8, 4) is 0 Å². The Kier molecular flexibility index (Phi) is 4.51. The number of nitrogen functional groups attached to an aromatic ring is 1. The highest BCUT2D eigenvalue weighted by molar-refractivity contribution is 5.40. The molecule has 1 rings (SSSR count). The molecule has 0 aliphatic rings. The molecule has 0 saturated heterocycles. The molecule has 1 heterocycles. The molecule has 1 aromatic heterocycles. The summed E-state index contributed by atoms with van der Waals surface area (Å²) in [5.74, 6) is -1.31. The molecule has 86 valence electrons. The van der Waals surface area contributed by atoms with Crippen molar-refractivity contribution in [1.82, 2.24) is 9.97 Å². The van der Waals surface area contributed by atoms with Crippen molar-refractivity contribution in [3.63, 3.8) is 0 Å². The first-order valence-corrected chi connectivity index (χ1v) is 4.50. The zero-order valence-electron chi connectivity index (χ0n) is 9.11. The molecule has 1 aromatic rings. The van der Waals surface area contributed by atoms with E-state index in [1.54, 1.807) is 6.92 Å². The molecule has 0 spiro atoms. The van der Waals surface area contributed by atoms with Crippen LogP contribution in [0.25, 0.3) is 0 Å². The van der Waals surface area contributed by atoms with Crippen LogP contribution in [-0.4, -0.2) is 9.97 Å². The van der Waals surface area contributed by atoms with E-state index in [0.717, 1.165) is 0 Å². The number of hydrogen-bond donors (Lipinski definition) is 1. The van der Waals surface area contributed by atoms with Crippen LogP contribution in [0.4, 0.5) is 19.0 Å². The van der Waals surface area contributed by atoms with Gasteiger partial charge in [-0.3, -0.25) is 0 Å². The third-order valence-electron chi connectivity index (χ3n) is 1.68. The minimum absolute atomic E-state index is 0.125. The van der Waals surface area contributed by atoms with Gasteiger partial charge in [-0.05, 0) is 13.8 Å². The maximum Gasteiger partial charge on any atom is 0.451 e. The lowest BCUT2D eigenvalue weighted by molar-refractivity contribution is -0.145. The largest absolute Gasteiger partial charge is 0.451 e. The van der Waals surface area contributed by atoms with Gasteiger partial charge in [0.25, 0.3) is 0 Å². The molecule has 0 aliphatic carbocycles. The fraction of sp³-hybridized carbons (Fsp3) is 0.556. The van der Waals surface area contributed by atoms with Gasteiger partial charge in [-0.1, -0.05) is 13.8 Å². The zero-order valence-corrected chi connectivity index (χ0v) is 9.11. The number of hydrogen-bond acceptors (Lipinski definition) is 3. The molecule has 0 unspecified atom stereocenters. The second-order valence-corrected chi connectivity index (χ2v) is 2.64. The first kappa shape index (κ1) is 13.7. The molecule has 0 radical (unpaired) electrons. The highest BCUT2D eigenvalue weighted by Gasteiger charge is 2.35. The fourth-order valence-corrected chi connectivity index (χ4v) is 0.778. The summed E-state index contributed by atoms with van der Waals surface area (Å²) >= 11 is 0. The van der Waals surface area contributed by atoms with Crippen molar-refractivity contribution >= 4 is 5.82 Å². The zero-order chi connectivity index (χ0) is 12.2. The molecule has 0 amide bonds. The second-order valence-electron chi connectivity index (χ2n) is 2.64. The van der Waals surface area contributed by atoms with Crippen molar-refractivity contribution in [3.05, 3.63) is 17.1 Å². The van der Waals surface area contributed by atoms with Crippen molar-refractivity contribution < 1.29 is 13.2 Å². The number of nitrogens with two attached hydrogens (primary N) is 1. The summed E-state index contributed by atoms with van der Waals surface area (Å²) in [4.78, 5) is 6.44. The molecule has 0 aliphatic heterocycles. The average Bonchev–Trinajstić information content (AvgIpc) is 2.15. The van der Waals surface area contributed by atoms with E-state index in [-0.39, 0.29) is 11.5 Å². The molecule has 15 heavy (non-hydrogen) atoms. The predicted molar refractivity (Wildman–Crippen MR) is 52.3 cm³/mol. The Morgan fingerprint density at radius 2 is 1.53 bits per heavy atom. The average molecular weight is 221 g/mol. The van der Waals surface area contributed by atoms with E-state index < -0.39 is 12.0 Å². The molecule has 0 saturated carbocycles. The Morgan fingerprint density at radius 3 is 1.87 bits per heavy atom. The molecule has 0 atom stereocenters. The summed E-state index contributed by atoms with van der Waals surface area (Å²) in [6.07, 6.45) is -4.54. The van der Waals surface area contributed by atoms with Gasteiger partial charge < -0.3 is 5.73 Å². The summed E-state index contributed by atoms with van der Waals surface area (Å²) in [5, 5.41) is 0. The monoisotopic (exact) mass is 221 g/mol. The van der Waals surface area contributed by atoms with Gasteiger partial charge >= 0.3 is 6.18 Å². The standard InChI is InChI=1S/C7H8F3N3.C2H6/c1-3-4(2)12-6(7(8,9)10)13-5(3)11;1-2/h1-2H3,(H2,11,12,13);1-2H3. The van der Waals surface area contributed by atoms with Crippen molar-refractivity contribution in [2.24, 2.45) is 0 Å². The van der Waals surface area contributed by atoms with E-state index in [2.05, 4.69) is 9.97 Å². The third-order valence-corrected chi connectivity index (χ3v) is 1.68. The quantitative estimate of drug-likeness (QED) is 0.732. The van der Waals surface area contributed by atoms with Crippen LogP contribution in [0.2, 0.25) is 0 Å². The summed E-state index contributed by atoms with van der Waals surface area (Å²) in [6, 6.07) is 0. The Hall–Kier alpha value is -1.33. The van der Waals surface area contributed by atoms with Gasteiger partial charge in [-0.2, -0.15) is 13.2 Å². The Balaban J connectivity index is 0.000000921. The third kappa shape index (κ3) is 3.38. The van der Waals surface area contributed by atoms with Crippen LogP contribution in [0, 0.1) is 13.8 Å². The molecule has 2 N–H and O–H groups in total. The minimum Gasteiger partial charge on any atom is -0.383 e. The van der Waals surface area contributed by atoms with Crippen LogP contribution in [0.1, 0.15) is 30.9 Å². The van der Waals surface area contributed by atoms with Crippen LogP contribution < -0.4 is 5.73 Å². The number of halogens is 3. The summed E-state index contributed by atoms with van der Waals surface area (Å²) in [7, 11) is 0. The maximum atomic E-state index is 12.1. The molecule has 0 aromatic carbocycles. The van der Waals surface area contributed by atoms with Crippen LogP contribution >= 0.6 is 0 Å². The minimum atomic E-state index is -4.54. The SMILES string of the molecule is CC.Cc1nc(C(F)(F)F)nc(N)c1C. The number of rotatable bonds is 0. The van der Waals surface area contributed by atoms with E-state index in [0.29, 0.717) is 5.56 Å². The van der Waals surface area contributed by atoms with E-state index in [4.69, 9.17) is 5.73 Å². The Labute approximate surface area is 86.5 Å². The molecule has 0 fully saturated rings. The predicted octanol–water partition coefficient (Wildman–Crippen LogP) is 2.72. The van der Waals surface area contributed by atoms with Gasteiger partial charge in [-0.25, -0.2) is 9.97 Å². The van der Waals surface area contributed by atoms with Gasteiger partial charge in [0.15, 0.2) is 0 Å². The maximum absolute atomic E-state index is 12.1. The molecule has 0 bridgehead atoms. The molecule has 3 nitrogen and oxygen atoms in total. The first-order chi connectivity index (χ1) is 6.82. The van der Waals surface area contributed by atoms with Crippen LogP contribution in [0.15, 0.2) is 0 Å². The highest BCUT2D eigenvalue weighted by atomic mass is 19.4. The van der Waals surface area contributed by atoms with Crippen LogP contribution in [0.3, 0.4) is 0 Å². The van der Waals surface area contributed by atoms with Crippen molar-refractivity contribution in [2.45, 2.75) is 33.9 Å². The number of nitrogens with zero attached hydrogens (tertiary/aromatic N) is 2. The first-order valence-electron chi connectivity index (χ1n) is 4.50. The van der Waals surface area contributed by atoms with Crippen LogP contribution in [-0.2, 0) is 6.18 Å². The molecule has 6 heteroatoms. The number of alkyl halides is 3. The lowest BCUT2D eigenvalue weighted by atomic mass is 10.2. The van der Waals surface area contributed by atoms with Gasteiger partial charge in [0.05, 0.1) is 0 Å². The smallest absolute Gasteiger partial charge is 0.383 e. The fourth-order valence-electron chi connectivity index (χ4n) is 0.778. The molecular weight excluding hydrogens is 207 g/mol. The second kappa shape index (κ2) is 4.95. The van der Waals surface area contributed by atoms with Crippen molar-refractivity contribution in [2.75, 3.05) is 5.73 Å². The highest BCUT2D eigenvalue weighted by Crippen LogP contribution is 2.27. The van der Waals surface area contributed by atoms with Gasteiger partial charge in [0.2, 0.25) is 5.82 Å². The number of aromatic nitrogens is 2. The van der Waals surface area contributed by atoms with E-state index in [1.165, 1.54) is 6.92 Å². The topological polar surface area (TPSA) is 51.8 Å². The summed E-state index contributed by atoms with van der Waals surface area (Å²) in [5.41, 5.74) is 6.00. The van der Waals surface area contributed by atoms with Gasteiger partial charge in [0, 0.05) is 11.3 Å². The lowest BCUT2D eigenvalue weighted by Crippen LogP contribution is -2.14. The van der Waals surface area contributed by atoms with Crippen LogP contribution in [0.5, 0.6) is 0 Å².